The SMILES string of the molecule is Cc1cc(Cl)cc2c(N3CC[C@@H](O)[C@@H](C(=O)O)C3)ccnc12. The number of benzene rings is 1. The number of halogens is 1. The summed E-state index contributed by atoms with van der Waals surface area (Å²) in [5.41, 5.74) is 2.75. The Labute approximate surface area is 133 Å². The summed E-state index contributed by atoms with van der Waals surface area (Å²) in [6.07, 6.45) is 1.35. The smallest absolute Gasteiger partial charge is 0.310 e. The maximum Gasteiger partial charge on any atom is 0.310 e. The summed E-state index contributed by atoms with van der Waals surface area (Å²) in [4.78, 5) is 17.7. The Morgan fingerprint density at radius 1 is 1.45 bits per heavy atom. The first kappa shape index (κ1) is 15.1. The van der Waals surface area contributed by atoms with E-state index in [4.69, 9.17) is 11.6 Å². The number of anilines is 1. The summed E-state index contributed by atoms with van der Waals surface area (Å²) in [6.45, 7) is 2.84. The highest BCUT2D eigenvalue weighted by Crippen LogP contribution is 2.32. The number of aliphatic hydroxyl groups is 1. The minimum Gasteiger partial charge on any atom is -0.481 e. The van der Waals surface area contributed by atoms with Crippen molar-refractivity contribution in [2.24, 2.45) is 5.92 Å². The standard InChI is InChI=1S/C16H17ClN2O3/c1-9-6-10(17)7-11-13(2-4-18-15(9)11)19-5-3-14(20)12(8-19)16(21)22/h2,4,6-7,12,14,20H,3,5,8H2,1H3,(H,21,22)/t12-,14+/m0/s1. The van der Waals surface area contributed by atoms with E-state index >= 15 is 0 Å². The number of carboxylic acids is 1. The van der Waals surface area contributed by atoms with Crippen LogP contribution in [0.25, 0.3) is 10.9 Å². The summed E-state index contributed by atoms with van der Waals surface area (Å²) in [7, 11) is 0. The molecule has 3 rings (SSSR count). The Hall–Kier alpha value is -1.85. The summed E-state index contributed by atoms with van der Waals surface area (Å²) in [5, 5.41) is 20.7. The van der Waals surface area contributed by atoms with Crippen LogP contribution in [0, 0.1) is 12.8 Å². The number of rotatable bonds is 2. The molecule has 1 saturated heterocycles. The normalized spacial score (nSPS) is 22.0. The molecule has 1 aromatic heterocycles. The van der Waals surface area contributed by atoms with Crippen molar-refractivity contribution in [3.05, 3.63) is 35.0 Å². The van der Waals surface area contributed by atoms with Gasteiger partial charge in [-0.3, -0.25) is 9.78 Å². The zero-order chi connectivity index (χ0) is 15.9. The average molecular weight is 321 g/mol. The fraction of sp³-hybridized carbons (Fsp3) is 0.375. The molecular weight excluding hydrogens is 304 g/mol. The molecule has 0 aliphatic carbocycles. The van der Waals surface area contributed by atoms with E-state index < -0.39 is 18.0 Å². The molecule has 0 radical (unpaired) electrons. The Bertz CT molecular complexity index is 735. The van der Waals surface area contributed by atoms with Crippen molar-refractivity contribution in [2.75, 3.05) is 18.0 Å². The van der Waals surface area contributed by atoms with Crippen LogP contribution >= 0.6 is 11.6 Å². The topological polar surface area (TPSA) is 73.7 Å². The molecule has 2 N–H and O–H groups in total. The molecule has 5 nitrogen and oxygen atoms in total. The number of carbonyl (C=O) groups is 1. The first-order chi connectivity index (χ1) is 10.5. The van der Waals surface area contributed by atoms with E-state index in [0.717, 1.165) is 22.2 Å². The molecular formula is C16H17ClN2O3. The maximum atomic E-state index is 11.3. The minimum absolute atomic E-state index is 0.279. The van der Waals surface area contributed by atoms with Gasteiger partial charge in [0.1, 0.15) is 5.92 Å². The number of hydrogen-bond donors (Lipinski definition) is 2. The van der Waals surface area contributed by atoms with Crippen molar-refractivity contribution < 1.29 is 15.0 Å². The van der Waals surface area contributed by atoms with Gasteiger partial charge < -0.3 is 15.1 Å². The number of fused-ring (bicyclic) bond motifs is 1. The molecule has 0 saturated carbocycles. The van der Waals surface area contributed by atoms with Gasteiger partial charge in [-0.2, -0.15) is 0 Å². The van der Waals surface area contributed by atoms with Gasteiger partial charge >= 0.3 is 5.97 Å². The Kier molecular flexibility index (Phi) is 3.93. The van der Waals surface area contributed by atoms with Crippen molar-refractivity contribution in [1.29, 1.82) is 0 Å². The Balaban J connectivity index is 2.05. The van der Waals surface area contributed by atoms with Crippen LogP contribution in [0.1, 0.15) is 12.0 Å². The predicted octanol–water partition coefficient (Wildman–Crippen LogP) is 2.47. The van der Waals surface area contributed by atoms with E-state index in [9.17, 15) is 15.0 Å². The van der Waals surface area contributed by atoms with Crippen LogP contribution in [-0.4, -0.2) is 40.4 Å². The first-order valence-electron chi connectivity index (χ1n) is 7.18. The van der Waals surface area contributed by atoms with Crippen LogP contribution in [0.5, 0.6) is 0 Å². The van der Waals surface area contributed by atoms with Gasteiger partial charge in [0.15, 0.2) is 0 Å². The van der Waals surface area contributed by atoms with E-state index in [-0.39, 0.29) is 6.54 Å². The second kappa shape index (κ2) is 5.74. The minimum atomic E-state index is -0.968. The fourth-order valence-corrected chi connectivity index (χ4v) is 3.32. The second-order valence-electron chi connectivity index (χ2n) is 5.70. The van der Waals surface area contributed by atoms with Crippen molar-refractivity contribution in [3.8, 4) is 0 Å². The van der Waals surface area contributed by atoms with Gasteiger partial charge in [0, 0.05) is 35.4 Å². The number of aliphatic carboxylic acids is 1. The van der Waals surface area contributed by atoms with Crippen molar-refractivity contribution in [3.63, 3.8) is 0 Å². The first-order valence-corrected chi connectivity index (χ1v) is 7.56. The molecule has 2 heterocycles. The molecule has 0 amide bonds. The van der Waals surface area contributed by atoms with Crippen LogP contribution in [0.3, 0.4) is 0 Å². The molecule has 1 aliphatic heterocycles. The summed E-state index contributed by atoms with van der Waals surface area (Å²) < 4.78 is 0. The number of aromatic nitrogens is 1. The van der Waals surface area contributed by atoms with Crippen molar-refractivity contribution >= 4 is 34.2 Å². The molecule has 6 heteroatoms. The molecule has 1 fully saturated rings. The summed E-state index contributed by atoms with van der Waals surface area (Å²) >= 11 is 6.16. The van der Waals surface area contributed by atoms with Gasteiger partial charge in [0.25, 0.3) is 0 Å². The molecule has 116 valence electrons. The third kappa shape index (κ3) is 2.62. The number of hydrogen-bond acceptors (Lipinski definition) is 4. The fourth-order valence-electron chi connectivity index (χ4n) is 3.05. The quantitative estimate of drug-likeness (QED) is 0.889. The number of carboxylic acid groups (broad SMARTS) is 1. The van der Waals surface area contributed by atoms with Crippen LogP contribution in [0.15, 0.2) is 24.4 Å². The molecule has 0 unspecified atom stereocenters. The largest absolute Gasteiger partial charge is 0.481 e. The van der Waals surface area contributed by atoms with E-state index in [2.05, 4.69) is 4.98 Å². The van der Waals surface area contributed by atoms with Crippen molar-refractivity contribution in [2.45, 2.75) is 19.4 Å². The third-order valence-corrected chi connectivity index (χ3v) is 4.43. The van der Waals surface area contributed by atoms with Gasteiger partial charge in [0.05, 0.1) is 11.6 Å². The highest BCUT2D eigenvalue weighted by molar-refractivity contribution is 6.31. The van der Waals surface area contributed by atoms with E-state index in [0.29, 0.717) is 18.0 Å². The van der Waals surface area contributed by atoms with Gasteiger partial charge in [-0.25, -0.2) is 0 Å². The highest BCUT2D eigenvalue weighted by Gasteiger charge is 2.33. The van der Waals surface area contributed by atoms with E-state index in [1.165, 1.54) is 0 Å². The lowest BCUT2D eigenvalue weighted by atomic mass is 9.94. The summed E-state index contributed by atoms with van der Waals surface area (Å²) in [5.74, 6) is -1.75. The van der Waals surface area contributed by atoms with E-state index in [1.807, 2.05) is 30.0 Å². The molecule has 2 aromatic rings. The molecule has 2 atom stereocenters. The number of aliphatic hydroxyl groups excluding tert-OH is 1. The second-order valence-corrected chi connectivity index (χ2v) is 6.13. The van der Waals surface area contributed by atoms with Crippen LogP contribution in [-0.2, 0) is 4.79 Å². The number of aryl methyl sites for hydroxylation is 1. The van der Waals surface area contributed by atoms with Crippen LogP contribution in [0.2, 0.25) is 5.02 Å². The lowest BCUT2D eigenvalue weighted by molar-refractivity contribution is -0.146. The summed E-state index contributed by atoms with van der Waals surface area (Å²) in [6, 6.07) is 5.59. The lowest BCUT2D eigenvalue weighted by Crippen LogP contribution is -2.46. The lowest BCUT2D eigenvalue weighted by Gasteiger charge is -2.36. The van der Waals surface area contributed by atoms with Gasteiger partial charge in [-0.05, 0) is 37.1 Å². The molecule has 0 bridgehead atoms. The van der Waals surface area contributed by atoms with Gasteiger partial charge in [-0.15, -0.1) is 0 Å². The Morgan fingerprint density at radius 3 is 2.95 bits per heavy atom. The Morgan fingerprint density at radius 2 is 2.23 bits per heavy atom. The van der Waals surface area contributed by atoms with Crippen LogP contribution < -0.4 is 4.90 Å². The van der Waals surface area contributed by atoms with Gasteiger partial charge in [0.2, 0.25) is 0 Å². The highest BCUT2D eigenvalue weighted by atomic mass is 35.5. The molecule has 0 spiro atoms. The third-order valence-electron chi connectivity index (χ3n) is 4.21. The van der Waals surface area contributed by atoms with Crippen molar-refractivity contribution in [1.82, 2.24) is 4.98 Å². The zero-order valence-corrected chi connectivity index (χ0v) is 12.9. The molecule has 1 aromatic carbocycles. The van der Waals surface area contributed by atoms with E-state index in [1.54, 1.807) is 6.20 Å². The van der Waals surface area contributed by atoms with Gasteiger partial charge in [-0.1, -0.05) is 11.6 Å². The number of piperidine rings is 1. The molecule has 22 heavy (non-hydrogen) atoms. The van der Waals surface area contributed by atoms with Crippen LogP contribution in [0.4, 0.5) is 5.69 Å². The number of nitrogens with zero attached hydrogens (tertiary/aromatic N) is 2. The average Bonchev–Trinajstić information content (AvgIpc) is 2.47. The monoisotopic (exact) mass is 320 g/mol. The number of pyridine rings is 1. The zero-order valence-electron chi connectivity index (χ0n) is 12.2. The molecule has 1 aliphatic rings. The maximum absolute atomic E-state index is 11.3. The predicted molar refractivity (Wildman–Crippen MR) is 85.5 cm³/mol.